The van der Waals surface area contributed by atoms with Crippen LogP contribution in [0.5, 0.6) is 0 Å². The number of carbonyl (C=O) groups excluding carboxylic acids is 10. The molecule has 0 radical (unpaired) electrons. The van der Waals surface area contributed by atoms with E-state index in [-0.39, 0.29) is 89.5 Å². The lowest BCUT2D eigenvalue weighted by atomic mass is 10.00. The highest BCUT2D eigenvalue weighted by Crippen LogP contribution is 2.11. The van der Waals surface area contributed by atoms with Gasteiger partial charge in [0.2, 0.25) is 59.1 Å². The Hall–Kier alpha value is -6.36. The molecule has 1 aliphatic rings. The maximum Gasteiger partial charge on any atom is 0.245 e. The third-order valence-corrected chi connectivity index (χ3v) is 11.9. The van der Waals surface area contributed by atoms with E-state index in [4.69, 9.17) is 28.7 Å². The van der Waals surface area contributed by atoms with Crippen LogP contribution in [-0.2, 0) is 54.4 Å². The van der Waals surface area contributed by atoms with Gasteiger partial charge in [0.25, 0.3) is 0 Å². The predicted octanol–water partition coefficient (Wildman–Crippen LogP) is -6.56. The van der Waals surface area contributed by atoms with Crippen molar-refractivity contribution < 1.29 is 58.2 Å². The summed E-state index contributed by atoms with van der Waals surface area (Å²) in [5, 5.41) is 46.6. The monoisotopic (exact) mass is 1060 g/mol. The summed E-state index contributed by atoms with van der Waals surface area (Å²) in [5.74, 6) is -9.02. The number of nitrogens with two attached hydrogens (primary N) is 5. The summed E-state index contributed by atoms with van der Waals surface area (Å²) in [6.07, 6.45) is -3.95. The van der Waals surface area contributed by atoms with E-state index in [9.17, 15) is 58.2 Å². The van der Waals surface area contributed by atoms with E-state index in [1.165, 1.54) is 13.8 Å². The molecule has 1 fully saturated rings. The molecular formula is C48H83N15O12. The summed E-state index contributed by atoms with van der Waals surface area (Å²) in [5.41, 5.74) is 29.8. The summed E-state index contributed by atoms with van der Waals surface area (Å²) >= 11 is 0. The van der Waals surface area contributed by atoms with Crippen LogP contribution < -0.4 is 81.8 Å². The van der Waals surface area contributed by atoms with Crippen molar-refractivity contribution in [2.75, 3.05) is 32.7 Å². The zero-order valence-corrected chi connectivity index (χ0v) is 43.7. The molecule has 12 atom stereocenters. The highest BCUT2D eigenvalue weighted by atomic mass is 16.3. The number of hydrogen-bond acceptors (Lipinski definition) is 17. The maximum atomic E-state index is 14.4. The molecule has 2 rings (SSSR count). The van der Waals surface area contributed by atoms with Gasteiger partial charge in [0, 0.05) is 25.4 Å². The third-order valence-electron chi connectivity index (χ3n) is 11.9. The molecule has 27 nitrogen and oxygen atoms in total. The molecule has 1 saturated heterocycles. The van der Waals surface area contributed by atoms with Crippen LogP contribution >= 0.6 is 0 Å². The quantitative estimate of drug-likeness (QED) is 0.0513. The predicted molar refractivity (Wildman–Crippen MR) is 276 cm³/mol. The standard InChI is InChI=1S/C48H83N15O12/c1-25(2)23-35-45(72)57-30(13-18-49)40(67)56-33(16-21-52)44(71)63-38(27(4)64)47(74)54-22-17-34(58-41(68)32(15-20-51)59-48(75)39(28(5)65)62-37(66)12-11-26(3)53)43(70)55-31(14-19-50)42(69)61-36(46(73)60-35)24-29-9-7-6-8-10-29/h6-10,25-28,30-36,38-39,64-65H,11-24,49-53H2,1-5H3,(H,54,74)(H,55,70)(H,56,67)(H,57,72)(H,58,68)(H,59,75)(H,60,73)(H,61,69)(H,62,66)(H,63,71)/t26-,27?,28?,30-,31-,32-,33-,34-,35-,36+,38?,39-/m0/s1. The van der Waals surface area contributed by atoms with Crippen molar-refractivity contribution in [1.82, 2.24) is 53.2 Å². The smallest absolute Gasteiger partial charge is 0.245 e. The number of rotatable bonds is 22. The topological polar surface area (TPSA) is 462 Å². The van der Waals surface area contributed by atoms with Gasteiger partial charge in [0.05, 0.1) is 12.2 Å². The molecule has 75 heavy (non-hydrogen) atoms. The molecule has 1 heterocycles. The number of aliphatic hydroxyl groups excluding tert-OH is 2. The highest BCUT2D eigenvalue weighted by Gasteiger charge is 2.37. The average Bonchev–Trinajstić information content (AvgIpc) is 3.34. The van der Waals surface area contributed by atoms with Crippen molar-refractivity contribution in [3.8, 4) is 0 Å². The minimum Gasteiger partial charge on any atom is -0.391 e. The van der Waals surface area contributed by atoms with Crippen LogP contribution in [0.1, 0.15) is 91.5 Å². The van der Waals surface area contributed by atoms with Crippen molar-refractivity contribution in [2.45, 2.75) is 165 Å². The molecule has 422 valence electrons. The molecule has 10 amide bonds. The minimum atomic E-state index is -1.66. The Morgan fingerprint density at radius 3 is 1.60 bits per heavy atom. The van der Waals surface area contributed by atoms with Gasteiger partial charge in [0.1, 0.15) is 54.4 Å². The summed E-state index contributed by atoms with van der Waals surface area (Å²) in [6, 6.07) is -4.92. The van der Waals surface area contributed by atoms with Gasteiger partial charge in [-0.2, -0.15) is 0 Å². The van der Waals surface area contributed by atoms with Gasteiger partial charge in [-0.15, -0.1) is 0 Å². The second kappa shape index (κ2) is 33.5. The fourth-order valence-corrected chi connectivity index (χ4v) is 7.79. The van der Waals surface area contributed by atoms with Crippen molar-refractivity contribution in [3.05, 3.63) is 35.9 Å². The first-order valence-electron chi connectivity index (χ1n) is 25.4. The van der Waals surface area contributed by atoms with Gasteiger partial charge in [0.15, 0.2) is 0 Å². The van der Waals surface area contributed by atoms with Crippen molar-refractivity contribution >= 4 is 59.1 Å². The SMILES string of the molecule is CC(C)C[C@@H]1NC(=O)[C@@H](Cc2ccccc2)NC(=O)[C@H](CCN)NC(=O)[C@@H](NC(=O)[C@H](CCN)NC(=O)[C@@H](NC(=O)CC[C@H](C)N)C(C)O)CCNC(=O)C(C(C)O)NC(=O)[C@H](CCN)NC(=O)[C@H](CCN)NC1=O. The normalized spacial score (nSPS) is 24.0. The summed E-state index contributed by atoms with van der Waals surface area (Å²) < 4.78 is 0. The van der Waals surface area contributed by atoms with Crippen molar-refractivity contribution in [3.63, 3.8) is 0 Å². The zero-order valence-electron chi connectivity index (χ0n) is 43.7. The van der Waals surface area contributed by atoms with E-state index in [0.29, 0.717) is 5.56 Å². The van der Waals surface area contributed by atoms with Crippen LogP contribution in [0.4, 0.5) is 0 Å². The average molecular weight is 1060 g/mol. The summed E-state index contributed by atoms with van der Waals surface area (Å²) in [4.78, 5) is 139. The molecule has 1 aromatic rings. The van der Waals surface area contributed by atoms with Gasteiger partial charge in [-0.1, -0.05) is 44.2 Å². The lowest BCUT2D eigenvalue weighted by Gasteiger charge is -2.28. The van der Waals surface area contributed by atoms with E-state index in [2.05, 4.69) is 53.2 Å². The molecular weight excluding hydrogens is 979 g/mol. The maximum absolute atomic E-state index is 14.4. The van der Waals surface area contributed by atoms with Crippen LogP contribution in [0, 0.1) is 5.92 Å². The first-order chi connectivity index (χ1) is 35.5. The van der Waals surface area contributed by atoms with Crippen LogP contribution in [-0.4, -0.2) is 175 Å². The van der Waals surface area contributed by atoms with Gasteiger partial charge < -0.3 is 92.0 Å². The Kier molecular flexibility index (Phi) is 29.0. The lowest BCUT2D eigenvalue weighted by molar-refractivity contribution is -0.136. The van der Waals surface area contributed by atoms with Gasteiger partial charge in [-0.05, 0) is 103 Å². The number of amides is 10. The third kappa shape index (κ3) is 23.0. The minimum absolute atomic E-state index is 0.0582. The fourth-order valence-electron chi connectivity index (χ4n) is 7.79. The first kappa shape index (κ1) is 64.8. The number of nitrogens with one attached hydrogen (secondary N) is 10. The molecule has 0 spiro atoms. The Bertz CT molecular complexity index is 2050. The molecule has 0 aliphatic carbocycles. The van der Waals surface area contributed by atoms with E-state index < -0.39 is 139 Å². The Labute approximate surface area is 437 Å². The molecule has 0 aromatic heterocycles. The number of hydrogen-bond donors (Lipinski definition) is 17. The second-order valence-corrected chi connectivity index (χ2v) is 19.2. The molecule has 1 aromatic carbocycles. The van der Waals surface area contributed by atoms with Gasteiger partial charge in [-0.25, -0.2) is 0 Å². The molecule has 0 saturated carbocycles. The van der Waals surface area contributed by atoms with Crippen LogP contribution in [0.25, 0.3) is 0 Å². The zero-order chi connectivity index (χ0) is 56.4. The summed E-state index contributed by atoms with van der Waals surface area (Å²) in [7, 11) is 0. The number of aliphatic hydroxyl groups is 2. The Morgan fingerprint density at radius 1 is 0.613 bits per heavy atom. The molecule has 0 bridgehead atoms. The van der Waals surface area contributed by atoms with E-state index >= 15 is 0 Å². The van der Waals surface area contributed by atoms with Crippen LogP contribution in [0.2, 0.25) is 0 Å². The van der Waals surface area contributed by atoms with Crippen molar-refractivity contribution in [2.24, 2.45) is 34.6 Å². The van der Waals surface area contributed by atoms with Gasteiger partial charge in [-0.3, -0.25) is 47.9 Å². The lowest BCUT2D eigenvalue weighted by Crippen LogP contribution is -2.61. The van der Waals surface area contributed by atoms with Crippen LogP contribution in [0.15, 0.2) is 30.3 Å². The van der Waals surface area contributed by atoms with E-state index in [1.54, 1.807) is 51.1 Å². The fraction of sp³-hybridized carbons (Fsp3) is 0.667. The van der Waals surface area contributed by atoms with E-state index in [0.717, 1.165) is 0 Å². The van der Waals surface area contributed by atoms with E-state index in [1.807, 2.05) is 0 Å². The largest absolute Gasteiger partial charge is 0.391 e. The summed E-state index contributed by atoms with van der Waals surface area (Å²) in [6.45, 7) is 6.70. The molecule has 3 unspecified atom stereocenters. The molecule has 27 heteroatoms. The second-order valence-electron chi connectivity index (χ2n) is 19.2. The molecule has 22 N–H and O–H groups in total. The number of benzene rings is 1. The number of carbonyl (C=O) groups is 10. The molecule has 1 aliphatic heterocycles. The Morgan fingerprint density at radius 2 is 1.11 bits per heavy atom. The van der Waals surface area contributed by atoms with Crippen LogP contribution in [0.3, 0.4) is 0 Å². The van der Waals surface area contributed by atoms with Gasteiger partial charge >= 0.3 is 0 Å². The highest BCUT2D eigenvalue weighted by molar-refractivity contribution is 5.99. The Balaban J connectivity index is 2.73. The first-order valence-corrected chi connectivity index (χ1v) is 25.4. The van der Waals surface area contributed by atoms with Crippen molar-refractivity contribution in [1.29, 1.82) is 0 Å².